The number of rotatable bonds is 2. The fourth-order valence-corrected chi connectivity index (χ4v) is 3.40. The van der Waals surface area contributed by atoms with Gasteiger partial charge in [-0.2, -0.15) is 10.5 Å². The number of fused-ring (bicyclic) bond motifs is 1. The molecule has 170 valence electrons. The minimum atomic E-state index is -2.33. The van der Waals surface area contributed by atoms with Gasteiger partial charge in [-0.15, -0.1) is 0 Å². The van der Waals surface area contributed by atoms with Gasteiger partial charge in [-0.05, 0) is 0 Å². The quantitative estimate of drug-likeness (QED) is 0.323. The molecule has 1 aromatic heterocycles. The Morgan fingerprint density at radius 1 is 0.647 bits per heavy atom. The summed E-state index contributed by atoms with van der Waals surface area (Å²) < 4.78 is 113. The maximum absolute atomic E-state index is 14.6. The van der Waals surface area contributed by atoms with Crippen LogP contribution in [0.25, 0.3) is 11.3 Å². The number of nitriles is 2. The summed E-state index contributed by atoms with van der Waals surface area (Å²) in [6.07, 6.45) is 0. The lowest BCUT2D eigenvalue weighted by molar-refractivity contribution is 0.101. The molecule has 0 bridgehead atoms. The molecule has 2 heterocycles. The number of aromatic hydroxyl groups is 1. The molecule has 0 aliphatic carbocycles. The Balaban J connectivity index is 2.07. The Morgan fingerprint density at radius 2 is 1.12 bits per heavy atom. The average molecular weight is 482 g/mol. The molecule has 1 aliphatic heterocycles. The van der Waals surface area contributed by atoms with Gasteiger partial charge >= 0.3 is 0 Å². The van der Waals surface area contributed by atoms with E-state index >= 15 is 0 Å². The Bertz CT molecular complexity index is 1590. The molecule has 3 aromatic rings. The fraction of sp³-hybridized carbons (Fsp3) is 0. The predicted molar refractivity (Wildman–Crippen MR) is 93.4 cm³/mol. The topological polar surface area (TPSA) is 113 Å². The van der Waals surface area contributed by atoms with Gasteiger partial charge in [-0.25, -0.2) is 40.1 Å². The van der Waals surface area contributed by atoms with E-state index in [9.17, 15) is 45.0 Å². The maximum atomic E-state index is 14.6. The number of nitrogens with zero attached hydrogens (tertiary/aromatic N) is 3. The Kier molecular flexibility index (Phi) is 4.90. The van der Waals surface area contributed by atoms with Gasteiger partial charge in [-0.3, -0.25) is 4.79 Å². The molecule has 1 aliphatic rings. The van der Waals surface area contributed by atoms with Gasteiger partial charge in [-0.1, -0.05) is 0 Å². The van der Waals surface area contributed by atoms with Gasteiger partial charge in [0.25, 0.3) is 5.91 Å². The van der Waals surface area contributed by atoms with E-state index in [1.54, 1.807) is 0 Å². The van der Waals surface area contributed by atoms with Crippen molar-refractivity contribution in [2.24, 2.45) is 4.99 Å². The number of aromatic nitrogens is 1. The van der Waals surface area contributed by atoms with Gasteiger partial charge < -0.3 is 10.1 Å². The summed E-state index contributed by atoms with van der Waals surface area (Å²) in [5, 5.41) is 27.9. The van der Waals surface area contributed by atoms with Crippen LogP contribution in [0.5, 0.6) is 5.88 Å². The van der Waals surface area contributed by atoms with Crippen molar-refractivity contribution >= 4 is 11.6 Å². The highest BCUT2D eigenvalue weighted by atomic mass is 19.2. The van der Waals surface area contributed by atoms with E-state index < -0.39 is 103 Å². The first-order valence-electron chi connectivity index (χ1n) is 8.58. The number of aliphatic imine (C=N–C) groups is 1. The molecule has 0 spiro atoms. The van der Waals surface area contributed by atoms with E-state index in [2.05, 4.69) is 4.99 Å². The van der Waals surface area contributed by atoms with Crippen molar-refractivity contribution in [3.63, 3.8) is 0 Å². The van der Waals surface area contributed by atoms with Gasteiger partial charge in [0.2, 0.25) is 0 Å². The van der Waals surface area contributed by atoms with Crippen molar-refractivity contribution < 1.29 is 45.0 Å². The van der Waals surface area contributed by atoms with Gasteiger partial charge in [0.15, 0.2) is 52.4 Å². The number of H-pyrrole nitrogens is 1. The normalized spacial score (nSPS) is 12.4. The average Bonchev–Trinajstić information content (AvgIpc) is 3.30. The number of amides is 1. The van der Waals surface area contributed by atoms with Crippen LogP contribution in [0, 0.1) is 69.2 Å². The van der Waals surface area contributed by atoms with Crippen molar-refractivity contribution in [3.8, 4) is 29.3 Å². The Hall–Kier alpha value is -4.72. The van der Waals surface area contributed by atoms with E-state index in [4.69, 9.17) is 10.5 Å². The third-order valence-corrected chi connectivity index (χ3v) is 4.88. The first kappa shape index (κ1) is 22.5. The van der Waals surface area contributed by atoms with E-state index in [1.807, 2.05) is 4.98 Å². The zero-order valence-corrected chi connectivity index (χ0v) is 15.7. The summed E-state index contributed by atoms with van der Waals surface area (Å²) in [6, 6.07) is 1.89. The predicted octanol–water partition coefficient (Wildman–Crippen LogP) is 4.23. The zero-order chi connectivity index (χ0) is 25.2. The van der Waals surface area contributed by atoms with Crippen LogP contribution in [-0.2, 0) is 0 Å². The summed E-state index contributed by atoms with van der Waals surface area (Å²) in [5.74, 6) is -20.4. The third kappa shape index (κ3) is 2.72. The number of aromatic amines is 1. The van der Waals surface area contributed by atoms with Crippen LogP contribution < -0.4 is 0 Å². The first-order valence-corrected chi connectivity index (χ1v) is 8.58. The van der Waals surface area contributed by atoms with Crippen LogP contribution >= 0.6 is 0 Å². The lowest BCUT2D eigenvalue weighted by Crippen LogP contribution is -2.13. The summed E-state index contributed by atoms with van der Waals surface area (Å²) in [6.45, 7) is 0. The number of hydrogen-bond acceptors (Lipinski definition) is 4. The summed E-state index contributed by atoms with van der Waals surface area (Å²) >= 11 is 0. The number of carbonyl (C=O) groups is 1. The van der Waals surface area contributed by atoms with Crippen LogP contribution in [0.3, 0.4) is 0 Å². The molecule has 0 saturated carbocycles. The second-order valence-corrected chi connectivity index (χ2v) is 6.60. The molecule has 0 atom stereocenters. The molecular formula is C20H2F8N4O2. The van der Waals surface area contributed by atoms with Crippen molar-refractivity contribution in [2.45, 2.75) is 0 Å². The monoisotopic (exact) mass is 482 g/mol. The molecule has 1 amide bonds. The first-order chi connectivity index (χ1) is 16.0. The summed E-state index contributed by atoms with van der Waals surface area (Å²) in [5.41, 5.74) is -10.6. The molecule has 2 aromatic carbocycles. The SMILES string of the molecule is N#Cc1c(F)c(F)c(F)c(C2=NC(=O)c3c(-c4c(F)c(F)c(F)c(C#N)c4F)[nH]c(O)c32)c1F. The number of hydrogen-bond donors (Lipinski definition) is 2. The van der Waals surface area contributed by atoms with Crippen LogP contribution in [0.15, 0.2) is 4.99 Å². The van der Waals surface area contributed by atoms with Crippen LogP contribution in [0.1, 0.15) is 32.6 Å². The van der Waals surface area contributed by atoms with E-state index in [0.29, 0.717) is 0 Å². The van der Waals surface area contributed by atoms with E-state index in [0.717, 1.165) is 12.1 Å². The minimum absolute atomic E-state index is 0.942. The minimum Gasteiger partial charge on any atom is -0.494 e. The highest BCUT2D eigenvalue weighted by Crippen LogP contribution is 2.42. The maximum Gasteiger partial charge on any atom is 0.280 e. The second-order valence-electron chi connectivity index (χ2n) is 6.60. The summed E-state index contributed by atoms with van der Waals surface area (Å²) in [7, 11) is 0. The van der Waals surface area contributed by atoms with Crippen LogP contribution in [0.2, 0.25) is 0 Å². The number of carbonyl (C=O) groups excluding carboxylic acids is 1. The number of benzene rings is 2. The van der Waals surface area contributed by atoms with Crippen molar-refractivity contribution in [3.05, 3.63) is 74.4 Å². The van der Waals surface area contributed by atoms with E-state index in [-0.39, 0.29) is 0 Å². The van der Waals surface area contributed by atoms with Gasteiger partial charge in [0, 0.05) is 0 Å². The highest BCUT2D eigenvalue weighted by molar-refractivity contribution is 6.30. The smallest absolute Gasteiger partial charge is 0.280 e. The molecule has 14 heteroatoms. The standard InChI is InChI=1S/C20H2F8N4O2/c21-9-3(1-29)11(23)15(27)13(25)7(9)17-5-6(20(34)31-17)18(32-19(5)33)8-10(22)4(2-30)12(24)16(28)14(8)26/h31,34H. The third-order valence-electron chi connectivity index (χ3n) is 4.88. The molecule has 6 nitrogen and oxygen atoms in total. The lowest BCUT2D eigenvalue weighted by atomic mass is 9.96. The van der Waals surface area contributed by atoms with Crippen molar-refractivity contribution in [1.29, 1.82) is 10.5 Å². The van der Waals surface area contributed by atoms with Crippen LogP contribution in [-0.4, -0.2) is 21.7 Å². The highest BCUT2D eigenvalue weighted by Gasteiger charge is 2.40. The van der Waals surface area contributed by atoms with E-state index in [1.165, 1.54) is 0 Å². The molecular weight excluding hydrogens is 480 g/mol. The molecule has 4 rings (SSSR count). The van der Waals surface area contributed by atoms with Gasteiger partial charge in [0.05, 0.1) is 33.7 Å². The Labute approximate surface area is 181 Å². The second kappa shape index (κ2) is 7.41. The molecule has 0 radical (unpaired) electrons. The fourth-order valence-electron chi connectivity index (χ4n) is 3.40. The molecule has 2 N–H and O–H groups in total. The number of nitrogens with one attached hydrogen (secondary N) is 1. The molecule has 0 saturated heterocycles. The van der Waals surface area contributed by atoms with Crippen LogP contribution in [0.4, 0.5) is 35.1 Å². The summed E-state index contributed by atoms with van der Waals surface area (Å²) in [4.78, 5) is 17.5. The van der Waals surface area contributed by atoms with Gasteiger partial charge in [0.1, 0.15) is 23.3 Å². The van der Waals surface area contributed by atoms with Crippen molar-refractivity contribution in [1.82, 2.24) is 4.98 Å². The number of halogens is 8. The molecule has 34 heavy (non-hydrogen) atoms. The Morgan fingerprint density at radius 3 is 1.62 bits per heavy atom. The zero-order valence-electron chi connectivity index (χ0n) is 15.7. The molecule has 0 fully saturated rings. The lowest BCUT2D eigenvalue weighted by Gasteiger charge is -2.08. The largest absolute Gasteiger partial charge is 0.494 e. The van der Waals surface area contributed by atoms with Crippen molar-refractivity contribution in [2.75, 3.05) is 0 Å². The molecule has 0 unspecified atom stereocenters.